The highest BCUT2D eigenvalue weighted by Gasteiger charge is 2.45. The van der Waals surface area contributed by atoms with E-state index in [1.54, 1.807) is 4.90 Å². The molecule has 0 aromatic carbocycles. The Hall–Kier alpha value is -1.26. The van der Waals surface area contributed by atoms with Crippen molar-refractivity contribution < 1.29 is 14.3 Å². The zero-order valence-electron chi connectivity index (χ0n) is 12.4. The van der Waals surface area contributed by atoms with Crippen molar-refractivity contribution in [1.29, 1.82) is 0 Å². The lowest BCUT2D eigenvalue weighted by atomic mass is 9.85. The van der Waals surface area contributed by atoms with Crippen molar-refractivity contribution in [2.45, 2.75) is 57.6 Å². The van der Waals surface area contributed by atoms with Gasteiger partial charge in [-0.25, -0.2) is 4.79 Å². The van der Waals surface area contributed by atoms with Gasteiger partial charge >= 0.3 is 6.09 Å². The zero-order chi connectivity index (χ0) is 14.3. The van der Waals surface area contributed by atoms with Gasteiger partial charge in [0, 0.05) is 32.1 Å². The lowest BCUT2D eigenvalue weighted by Crippen LogP contribution is -2.53. The van der Waals surface area contributed by atoms with Crippen LogP contribution in [0.15, 0.2) is 0 Å². The number of nitrogens with zero attached hydrogens (tertiary/aromatic N) is 2. The van der Waals surface area contributed by atoms with Gasteiger partial charge in [0.2, 0.25) is 5.91 Å². The molecule has 2 aliphatic rings. The zero-order valence-corrected chi connectivity index (χ0v) is 12.4. The summed E-state index contributed by atoms with van der Waals surface area (Å²) in [6.45, 7) is 6.97. The van der Waals surface area contributed by atoms with Crippen molar-refractivity contribution in [2.75, 3.05) is 20.1 Å². The molecule has 0 aromatic heterocycles. The Bertz CT molecular complexity index is 379. The summed E-state index contributed by atoms with van der Waals surface area (Å²) in [7, 11) is 1.89. The fourth-order valence-electron chi connectivity index (χ4n) is 2.96. The Morgan fingerprint density at radius 3 is 2.21 bits per heavy atom. The van der Waals surface area contributed by atoms with Crippen LogP contribution in [0.25, 0.3) is 0 Å². The van der Waals surface area contributed by atoms with Crippen molar-refractivity contribution >= 4 is 12.0 Å². The predicted molar refractivity (Wildman–Crippen MR) is 71.8 cm³/mol. The van der Waals surface area contributed by atoms with Crippen LogP contribution >= 0.6 is 0 Å². The van der Waals surface area contributed by atoms with Crippen LogP contribution in [0.4, 0.5) is 4.79 Å². The molecule has 0 saturated carbocycles. The van der Waals surface area contributed by atoms with E-state index < -0.39 is 5.60 Å². The molecule has 1 spiro atoms. The molecule has 5 heteroatoms. The Kier molecular flexibility index (Phi) is 3.49. The van der Waals surface area contributed by atoms with Gasteiger partial charge in [-0.15, -0.1) is 0 Å². The smallest absolute Gasteiger partial charge is 0.410 e. The van der Waals surface area contributed by atoms with E-state index in [0.29, 0.717) is 19.5 Å². The van der Waals surface area contributed by atoms with Gasteiger partial charge in [-0.3, -0.25) is 4.79 Å². The van der Waals surface area contributed by atoms with Crippen LogP contribution in [0, 0.1) is 0 Å². The minimum Gasteiger partial charge on any atom is -0.444 e. The molecule has 5 nitrogen and oxygen atoms in total. The first-order valence-electron chi connectivity index (χ1n) is 6.98. The second-order valence-corrected chi connectivity index (χ2v) is 6.64. The highest BCUT2D eigenvalue weighted by atomic mass is 16.6. The molecule has 19 heavy (non-hydrogen) atoms. The summed E-state index contributed by atoms with van der Waals surface area (Å²) in [5, 5.41) is 0. The summed E-state index contributed by atoms with van der Waals surface area (Å²) >= 11 is 0. The first kappa shape index (κ1) is 14.2. The van der Waals surface area contributed by atoms with Gasteiger partial charge in [0.15, 0.2) is 0 Å². The molecule has 2 heterocycles. The van der Waals surface area contributed by atoms with Crippen LogP contribution in [0.5, 0.6) is 0 Å². The first-order valence-corrected chi connectivity index (χ1v) is 6.98. The van der Waals surface area contributed by atoms with Crippen molar-refractivity contribution in [2.24, 2.45) is 0 Å². The van der Waals surface area contributed by atoms with E-state index in [-0.39, 0.29) is 17.5 Å². The van der Waals surface area contributed by atoms with Gasteiger partial charge in [-0.05, 0) is 40.0 Å². The van der Waals surface area contributed by atoms with Crippen molar-refractivity contribution in [3.05, 3.63) is 0 Å². The number of rotatable bonds is 0. The van der Waals surface area contributed by atoms with Gasteiger partial charge < -0.3 is 14.5 Å². The molecular formula is C14H24N2O3. The maximum atomic E-state index is 12.0. The molecule has 2 fully saturated rings. The van der Waals surface area contributed by atoms with Crippen LogP contribution in [0.1, 0.15) is 46.5 Å². The van der Waals surface area contributed by atoms with Gasteiger partial charge in [-0.2, -0.15) is 0 Å². The SMILES string of the molecule is CN1C(=O)CCC12CCN(C(=O)OC(C)(C)C)CC2. The third-order valence-electron chi connectivity index (χ3n) is 4.24. The molecule has 2 rings (SSSR count). The molecule has 108 valence electrons. The summed E-state index contributed by atoms with van der Waals surface area (Å²) in [5.74, 6) is 0.228. The monoisotopic (exact) mass is 268 g/mol. The number of carbonyl (C=O) groups is 2. The molecule has 0 bridgehead atoms. The third-order valence-corrected chi connectivity index (χ3v) is 4.24. The Labute approximate surface area is 114 Å². The maximum absolute atomic E-state index is 12.0. The second-order valence-electron chi connectivity index (χ2n) is 6.64. The Balaban J connectivity index is 1.93. The van der Waals surface area contributed by atoms with Crippen molar-refractivity contribution in [3.63, 3.8) is 0 Å². The van der Waals surface area contributed by atoms with E-state index in [1.807, 2.05) is 32.7 Å². The van der Waals surface area contributed by atoms with E-state index in [0.717, 1.165) is 19.3 Å². The number of likely N-dealkylation sites (tertiary alicyclic amines) is 2. The fourth-order valence-corrected chi connectivity index (χ4v) is 2.96. The summed E-state index contributed by atoms with van der Waals surface area (Å²) in [6.07, 6.45) is 3.03. The second kappa shape index (κ2) is 4.69. The van der Waals surface area contributed by atoms with Gasteiger partial charge in [0.1, 0.15) is 5.60 Å². The number of hydrogen-bond donors (Lipinski definition) is 0. The van der Waals surface area contributed by atoms with Crippen molar-refractivity contribution in [3.8, 4) is 0 Å². The summed E-state index contributed by atoms with van der Waals surface area (Å²) in [4.78, 5) is 27.3. The van der Waals surface area contributed by atoms with E-state index >= 15 is 0 Å². The maximum Gasteiger partial charge on any atom is 0.410 e. The molecule has 0 radical (unpaired) electrons. The van der Waals surface area contributed by atoms with Crippen LogP contribution in [0.3, 0.4) is 0 Å². The summed E-state index contributed by atoms with van der Waals surface area (Å²) in [5.41, 5.74) is -0.470. The van der Waals surface area contributed by atoms with E-state index in [4.69, 9.17) is 4.74 Å². The largest absolute Gasteiger partial charge is 0.444 e. The number of hydrogen-bond acceptors (Lipinski definition) is 3. The fraction of sp³-hybridized carbons (Fsp3) is 0.857. The van der Waals surface area contributed by atoms with Crippen LogP contribution in [-0.2, 0) is 9.53 Å². The summed E-state index contributed by atoms with van der Waals surface area (Å²) in [6, 6.07) is 0. The summed E-state index contributed by atoms with van der Waals surface area (Å²) < 4.78 is 5.38. The number of piperidine rings is 1. The normalized spacial score (nSPS) is 23.1. The molecule has 2 amide bonds. The van der Waals surface area contributed by atoms with Crippen LogP contribution in [-0.4, -0.2) is 53.1 Å². The minimum absolute atomic E-state index is 0.0183. The quantitative estimate of drug-likeness (QED) is 0.675. The number of amides is 2. The highest BCUT2D eigenvalue weighted by Crippen LogP contribution is 2.38. The molecule has 0 atom stereocenters. The average Bonchev–Trinajstić information content (AvgIpc) is 2.57. The van der Waals surface area contributed by atoms with E-state index in [2.05, 4.69) is 0 Å². The lowest BCUT2D eigenvalue weighted by Gasteiger charge is -2.43. The molecule has 0 N–H and O–H groups in total. The first-order chi connectivity index (χ1) is 8.73. The van der Waals surface area contributed by atoms with Gasteiger partial charge in [-0.1, -0.05) is 0 Å². The molecule has 0 aliphatic carbocycles. The van der Waals surface area contributed by atoms with Crippen LogP contribution in [0.2, 0.25) is 0 Å². The lowest BCUT2D eigenvalue weighted by molar-refractivity contribution is -0.130. The minimum atomic E-state index is -0.452. The Morgan fingerprint density at radius 2 is 1.79 bits per heavy atom. The van der Waals surface area contributed by atoms with Crippen molar-refractivity contribution in [1.82, 2.24) is 9.80 Å². The van der Waals surface area contributed by atoms with Crippen LogP contribution < -0.4 is 0 Å². The highest BCUT2D eigenvalue weighted by molar-refractivity contribution is 5.79. The average molecular weight is 268 g/mol. The topological polar surface area (TPSA) is 49.9 Å². The Morgan fingerprint density at radius 1 is 1.21 bits per heavy atom. The third kappa shape index (κ3) is 2.85. The van der Waals surface area contributed by atoms with E-state index in [1.165, 1.54) is 0 Å². The molecule has 0 aromatic rings. The predicted octanol–water partition coefficient (Wildman–Crippen LogP) is 2.01. The van der Waals surface area contributed by atoms with E-state index in [9.17, 15) is 9.59 Å². The standard InChI is InChI=1S/C14H24N2O3/c1-13(2,3)19-12(18)16-9-7-14(8-10-16)6-5-11(17)15(14)4/h5-10H2,1-4H3. The molecular weight excluding hydrogens is 244 g/mol. The number of ether oxygens (including phenoxy) is 1. The molecule has 0 unspecified atom stereocenters. The molecule has 2 aliphatic heterocycles. The van der Waals surface area contributed by atoms with Gasteiger partial charge in [0.05, 0.1) is 0 Å². The number of carbonyl (C=O) groups excluding carboxylic acids is 2. The molecule has 2 saturated heterocycles. The van der Waals surface area contributed by atoms with Gasteiger partial charge in [0.25, 0.3) is 0 Å².